The first-order chi connectivity index (χ1) is 10.2. The number of carbonyl (C=O) groups excluding carboxylic acids is 2. The van der Waals surface area contributed by atoms with E-state index in [9.17, 15) is 14.7 Å². The standard InChI is InChI=1S/C17H20O5/c1-12(18)16(20)21-14(13-8-6-5-7-9-13)10-11-15(19)22-17(2,3)4/h5-9,12,14,18H,1-4H3. The average molecular weight is 304 g/mol. The van der Waals surface area contributed by atoms with Crippen LogP contribution in [0.1, 0.15) is 39.4 Å². The lowest BCUT2D eigenvalue weighted by atomic mass is 10.1. The van der Waals surface area contributed by atoms with Gasteiger partial charge in [-0.1, -0.05) is 30.3 Å². The monoisotopic (exact) mass is 304 g/mol. The second-order valence-corrected chi connectivity index (χ2v) is 5.67. The van der Waals surface area contributed by atoms with Crippen LogP contribution in [0.25, 0.3) is 0 Å². The van der Waals surface area contributed by atoms with Crippen LogP contribution in [0.4, 0.5) is 0 Å². The smallest absolute Gasteiger partial charge is 0.385 e. The summed E-state index contributed by atoms with van der Waals surface area (Å²) in [6, 6.07) is 8.74. The van der Waals surface area contributed by atoms with Crippen molar-refractivity contribution < 1.29 is 24.2 Å². The predicted octanol–water partition coefficient (Wildman–Crippen LogP) is 2.00. The lowest BCUT2D eigenvalue weighted by molar-refractivity contribution is -0.156. The summed E-state index contributed by atoms with van der Waals surface area (Å²) in [6.45, 7) is 6.49. The highest BCUT2D eigenvalue weighted by molar-refractivity contribution is 5.89. The van der Waals surface area contributed by atoms with Gasteiger partial charge in [-0.15, -0.1) is 0 Å². The minimum absolute atomic E-state index is 0.604. The Morgan fingerprint density at radius 2 is 1.77 bits per heavy atom. The molecular weight excluding hydrogens is 284 g/mol. The van der Waals surface area contributed by atoms with E-state index in [4.69, 9.17) is 9.47 Å². The number of hydrogen-bond acceptors (Lipinski definition) is 5. The van der Waals surface area contributed by atoms with Gasteiger partial charge in [0.05, 0.1) is 0 Å². The Labute approximate surface area is 130 Å². The molecule has 5 nitrogen and oxygen atoms in total. The molecule has 1 N–H and O–H groups in total. The third-order valence-corrected chi connectivity index (χ3v) is 2.38. The van der Waals surface area contributed by atoms with Gasteiger partial charge in [0.2, 0.25) is 0 Å². The summed E-state index contributed by atoms with van der Waals surface area (Å²) in [5.41, 5.74) is -0.0443. The maximum absolute atomic E-state index is 11.6. The third kappa shape index (κ3) is 6.42. The second-order valence-electron chi connectivity index (χ2n) is 5.67. The van der Waals surface area contributed by atoms with Crippen LogP contribution in [0.15, 0.2) is 30.3 Å². The van der Waals surface area contributed by atoms with Gasteiger partial charge in [-0.3, -0.25) is 0 Å². The van der Waals surface area contributed by atoms with Crippen LogP contribution in [0.2, 0.25) is 0 Å². The number of aliphatic hydroxyl groups is 1. The van der Waals surface area contributed by atoms with Crippen LogP contribution in [0.3, 0.4) is 0 Å². The molecule has 0 saturated carbocycles. The van der Waals surface area contributed by atoms with Gasteiger partial charge in [0, 0.05) is 11.5 Å². The van der Waals surface area contributed by atoms with E-state index in [-0.39, 0.29) is 0 Å². The summed E-state index contributed by atoms with van der Waals surface area (Å²) >= 11 is 0. The lowest BCUT2D eigenvalue weighted by Crippen LogP contribution is -2.23. The fourth-order valence-electron chi connectivity index (χ4n) is 1.45. The van der Waals surface area contributed by atoms with Crippen molar-refractivity contribution in [2.45, 2.75) is 45.5 Å². The normalized spacial score (nSPS) is 13.3. The molecule has 1 aromatic carbocycles. The van der Waals surface area contributed by atoms with Crippen molar-refractivity contribution in [3.8, 4) is 11.8 Å². The van der Waals surface area contributed by atoms with Crippen molar-refractivity contribution in [3.63, 3.8) is 0 Å². The Bertz CT molecular complexity index is 573. The molecule has 0 fully saturated rings. The number of aliphatic hydroxyl groups excluding tert-OH is 1. The molecule has 1 aromatic rings. The number of hydrogen-bond donors (Lipinski definition) is 1. The SMILES string of the molecule is CC(O)C(=O)OC(C#CC(=O)OC(C)(C)C)c1ccccc1. The van der Waals surface area contributed by atoms with Gasteiger partial charge < -0.3 is 14.6 Å². The number of rotatable bonds is 3. The van der Waals surface area contributed by atoms with E-state index in [2.05, 4.69) is 11.8 Å². The van der Waals surface area contributed by atoms with E-state index in [1.54, 1.807) is 51.1 Å². The van der Waals surface area contributed by atoms with Gasteiger partial charge >= 0.3 is 11.9 Å². The van der Waals surface area contributed by atoms with Crippen LogP contribution < -0.4 is 0 Å². The van der Waals surface area contributed by atoms with Crippen LogP contribution in [-0.2, 0) is 19.1 Å². The topological polar surface area (TPSA) is 72.8 Å². The average Bonchev–Trinajstić information content (AvgIpc) is 2.42. The Kier molecular flexibility index (Phi) is 6.14. The zero-order valence-electron chi connectivity index (χ0n) is 13.1. The summed E-state index contributed by atoms with van der Waals surface area (Å²) in [5, 5.41) is 9.23. The van der Waals surface area contributed by atoms with E-state index in [1.807, 2.05) is 0 Å². The predicted molar refractivity (Wildman–Crippen MR) is 80.6 cm³/mol. The van der Waals surface area contributed by atoms with Gasteiger partial charge in [-0.25, -0.2) is 9.59 Å². The quantitative estimate of drug-likeness (QED) is 0.525. The number of ether oxygens (including phenoxy) is 2. The maximum atomic E-state index is 11.6. The molecule has 0 amide bonds. The molecule has 0 bridgehead atoms. The van der Waals surface area contributed by atoms with Gasteiger partial charge in [0.15, 0.2) is 6.10 Å². The Hall–Kier alpha value is -2.32. The molecule has 22 heavy (non-hydrogen) atoms. The fourth-order valence-corrected chi connectivity index (χ4v) is 1.45. The second kappa shape index (κ2) is 7.62. The number of esters is 2. The molecule has 0 spiro atoms. The molecule has 2 unspecified atom stereocenters. The zero-order valence-corrected chi connectivity index (χ0v) is 13.1. The van der Waals surface area contributed by atoms with Crippen molar-refractivity contribution in [2.24, 2.45) is 0 Å². The van der Waals surface area contributed by atoms with Crippen molar-refractivity contribution in [2.75, 3.05) is 0 Å². The van der Waals surface area contributed by atoms with Crippen molar-refractivity contribution in [1.82, 2.24) is 0 Å². The van der Waals surface area contributed by atoms with E-state index >= 15 is 0 Å². The minimum Gasteiger partial charge on any atom is -0.450 e. The Morgan fingerprint density at radius 3 is 2.27 bits per heavy atom. The van der Waals surface area contributed by atoms with Crippen LogP contribution >= 0.6 is 0 Å². The van der Waals surface area contributed by atoms with E-state index < -0.39 is 29.7 Å². The molecule has 0 aliphatic heterocycles. The van der Waals surface area contributed by atoms with Gasteiger partial charge in [-0.2, -0.15) is 0 Å². The molecule has 0 saturated heterocycles. The summed E-state index contributed by atoms with van der Waals surface area (Å²) in [6.07, 6.45) is -2.22. The first-order valence-electron chi connectivity index (χ1n) is 6.87. The molecule has 5 heteroatoms. The first-order valence-corrected chi connectivity index (χ1v) is 6.87. The number of benzene rings is 1. The molecule has 1 rings (SSSR count). The highest BCUT2D eigenvalue weighted by Gasteiger charge is 2.19. The van der Waals surface area contributed by atoms with E-state index in [0.29, 0.717) is 5.56 Å². The lowest BCUT2D eigenvalue weighted by Gasteiger charge is -2.17. The fraction of sp³-hybridized carbons (Fsp3) is 0.412. The summed E-state index contributed by atoms with van der Waals surface area (Å²) in [4.78, 5) is 23.2. The molecule has 0 heterocycles. The van der Waals surface area contributed by atoms with Gasteiger partial charge in [0.25, 0.3) is 0 Å². The largest absolute Gasteiger partial charge is 0.450 e. The maximum Gasteiger partial charge on any atom is 0.385 e. The Balaban J connectivity index is 2.93. The van der Waals surface area contributed by atoms with Crippen LogP contribution in [0, 0.1) is 11.8 Å². The Morgan fingerprint density at radius 1 is 1.18 bits per heavy atom. The highest BCUT2D eigenvalue weighted by atomic mass is 16.6. The molecule has 0 radical (unpaired) electrons. The molecule has 0 aliphatic carbocycles. The molecule has 0 aliphatic rings. The molecular formula is C17H20O5. The van der Waals surface area contributed by atoms with E-state index in [1.165, 1.54) is 6.92 Å². The highest BCUT2D eigenvalue weighted by Crippen LogP contribution is 2.17. The van der Waals surface area contributed by atoms with E-state index in [0.717, 1.165) is 0 Å². The molecule has 0 aromatic heterocycles. The first kappa shape index (κ1) is 17.7. The third-order valence-electron chi connectivity index (χ3n) is 2.38. The van der Waals surface area contributed by atoms with Crippen LogP contribution in [-0.4, -0.2) is 28.8 Å². The molecule has 2 atom stereocenters. The minimum atomic E-state index is -1.27. The summed E-state index contributed by atoms with van der Waals surface area (Å²) in [5.74, 6) is 3.36. The number of carbonyl (C=O) groups is 2. The van der Waals surface area contributed by atoms with Crippen molar-refractivity contribution in [3.05, 3.63) is 35.9 Å². The van der Waals surface area contributed by atoms with Crippen molar-refractivity contribution in [1.29, 1.82) is 0 Å². The summed E-state index contributed by atoms with van der Waals surface area (Å²) in [7, 11) is 0. The van der Waals surface area contributed by atoms with Gasteiger partial charge in [0.1, 0.15) is 11.7 Å². The molecule has 118 valence electrons. The van der Waals surface area contributed by atoms with Crippen LogP contribution in [0.5, 0.6) is 0 Å². The summed E-state index contributed by atoms with van der Waals surface area (Å²) < 4.78 is 10.2. The van der Waals surface area contributed by atoms with Gasteiger partial charge in [-0.05, 0) is 33.6 Å². The van der Waals surface area contributed by atoms with Crippen molar-refractivity contribution >= 4 is 11.9 Å². The zero-order chi connectivity index (χ0) is 16.8.